The number of non-ortho nitro benzene ring substituents is 1. The Bertz CT molecular complexity index is 1390. The number of nitro groups is 1. The van der Waals surface area contributed by atoms with E-state index in [1.54, 1.807) is 18.2 Å². The molecule has 3 aromatic rings. The van der Waals surface area contributed by atoms with E-state index in [4.69, 9.17) is 24.7 Å². The molecule has 0 unspecified atom stereocenters. The van der Waals surface area contributed by atoms with Gasteiger partial charge in [0.1, 0.15) is 11.6 Å². The molecule has 0 fully saturated rings. The van der Waals surface area contributed by atoms with Gasteiger partial charge in [-0.05, 0) is 17.7 Å². The molecule has 0 amide bonds. The second-order valence-electron chi connectivity index (χ2n) is 7.40. The smallest absolute Gasteiger partial charge is 0.308 e. The first-order chi connectivity index (χ1) is 16.8. The van der Waals surface area contributed by atoms with Crippen LogP contribution in [0.3, 0.4) is 0 Å². The van der Waals surface area contributed by atoms with Crippen molar-refractivity contribution in [2.24, 2.45) is 5.73 Å². The molecule has 178 valence electrons. The second kappa shape index (κ2) is 9.06. The van der Waals surface area contributed by atoms with Crippen molar-refractivity contribution in [1.29, 1.82) is 5.26 Å². The molecule has 35 heavy (non-hydrogen) atoms. The van der Waals surface area contributed by atoms with Gasteiger partial charge in [-0.25, -0.2) is 0 Å². The van der Waals surface area contributed by atoms with Crippen molar-refractivity contribution in [3.63, 3.8) is 0 Å². The maximum Gasteiger partial charge on any atom is 0.308 e. The molecule has 3 N–H and O–H groups in total. The number of H-pyrrole nitrogens is 1. The van der Waals surface area contributed by atoms with Crippen LogP contribution in [0.2, 0.25) is 0 Å². The van der Waals surface area contributed by atoms with E-state index in [0.717, 1.165) is 0 Å². The van der Waals surface area contributed by atoms with E-state index in [9.17, 15) is 20.2 Å². The molecule has 1 aliphatic rings. The summed E-state index contributed by atoms with van der Waals surface area (Å²) in [4.78, 5) is 22.4. The van der Waals surface area contributed by atoms with E-state index < -0.39 is 16.8 Å². The van der Waals surface area contributed by atoms with Crippen molar-refractivity contribution in [2.45, 2.75) is 12.8 Å². The average molecular weight is 477 g/mol. The van der Waals surface area contributed by atoms with Crippen LogP contribution < -0.4 is 24.7 Å². The highest BCUT2D eigenvalue weighted by Gasteiger charge is 2.37. The van der Waals surface area contributed by atoms with E-state index in [-0.39, 0.29) is 40.3 Å². The first-order valence-corrected chi connectivity index (χ1v) is 10.1. The molecule has 2 heterocycles. The summed E-state index contributed by atoms with van der Waals surface area (Å²) in [6, 6.07) is 11.2. The van der Waals surface area contributed by atoms with Gasteiger partial charge in [0.2, 0.25) is 17.5 Å². The van der Waals surface area contributed by atoms with E-state index in [0.29, 0.717) is 22.4 Å². The number of hydrogen-bond acceptors (Lipinski definition) is 10. The lowest BCUT2D eigenvalue weighted by Crippen LogP contribution is -2.21. The number of benzene rings is 2. The van der Waals surface area contributed by atoms with Gasteiger partial charge in [-0.15, -0.1) is 5.10 Å². The number of esters is 1. The number of ether oxygens (including phenoxy) is 4. The Kier molecular flexibility index (Phi) is 5.99. The average Bonchev–Trinajstić information content (AvgIpc) is 3.26. The quantitative estimate of drug-likeness (QED) is 0.232. The Hall–Kier alpha value is -5.05. The number of nitro benzene ring substituents is 1. The number of aromatic nitrogens is 2. The molecule has 4 rings (SSSR count). The molecule has 1 aromatic heterocycles. The summed E-state index contributed by atoms with van der Waals surface area (Å²) in [5.74, 6) is -1.00. The highest BCUT2D eigenvalue weighted by molar-refractivity contribution is 5.75. The first-order valence-electron chi connectivity index (χ1n) is 10.1. The molecule has 1 aliphatic heterocycles. The minimum Gasteiger partial charge on any atom is -0.493 e. The summed E-state index contributed by atoms with van der Waals surface area (Å²) in [7, 11) is 2.78. The Morgan fingerprint density at radius 3 is 2.51 bits per heavy atom. The van der Waals surface area contributed by atoms with Gasteiger partial charge < -0.3 is 24.7 Å². The van der Waals surface area contributed by atoms with Crippen molar-refractivity contribution in [3.8, 4) is 40.5 Å². The van der Waals surface area contributed by atoms with Gasteiger partial charge in [0.05, 0.1) is 36.3 Å². The topological polar surface area (TPSA) is 176 Å². The molecule has 0 aliphatic carbocycles. The number of aromatic amines is 1. The number of nitriles is 1. The number of nitrogens with one attached hydrogen (secondary N) is 1. The lowest BCUT2D eigenvalue weighted by Gasteiger charge is -2.25. The number of nitrogens with two attached hydrogens (primary N) is 1. The Balaban J connectivity index is 1.97. The fourth-order valence-electron chi connectivity index (χ4n) is 3.88. The number of methoxy groups -OCH3 is 2. The summed E-state index contributed by atoms with van der Waals surface area (Å²) >= 11 is 0. The zero-order valence-corrected chi connectivity index (χ0v) is 18.8. The molecule has 0 saturated heterocycles. The number of hydrogen-bond donors (Lipinski definition) is 2. The first kappa shape index (κ1) is 23.1. The monoisotopic (exact) mass is 477 g/mol. The lowest BCUT2D eigenvalue weighted by atomic mass is 9.82. The van der Waals surface area contributed by atoms with Crippen molar-refractivity contribution < 1.29 is 28.7 Å². The molecule has 1 atom stereocenters. The van der Waals surface area contributed by atoms with Crippen LogP contribution in [-0.4, -0.2) is 35.3 Å². The fourth-order valence-corrected chi connectivity index (χ4v) is 3.88. The third-order valence-corrected chi connectivity index (χ3v) is 5.35. The predicted octanol–water partition coefficient (Wildman–Crippen LogP) is 3.15. The SMILES string of the molecule is COc1cc([C@H]2C(C#N)=C(N)Oc3n[nH]c(-c4cccc([N+](=O)[O-])c4)c32)cc(OC)c1OC(C)=O. The van der Waals surface area contributed by atoms with Crippen molar-refractivity contribution in [3.05, 3.63) is 69.1 Å². The summed E-state index contributed by atoms with van der Waals surface area (Å²) in [6.45, 7) is 1.24. The number of nitrogens with zero attached hydrogens (tertiary/aromatic N) is 3. The highest BCUT2D eigenvalue weighted by atomic mass is 16.6. The molecular weight excluding hydrogens is 458 g/mol. The molecule has 12 nitrogen and oxygen atoms in total. The minimum atomic E-state index is -0.814. The fraction of sp³-hybridized carbons (Fsp3) is 0.174. The lowest BCUT2D eigenvalue weighted by molar-refractivity contribution is -0.384. The number of carbonyl (C=O) groups is 1. The number of allylic oxidation sites excluding steroid dienone is 1. The maximum absolute atomic E-state index is 11.6. The molecule has 0 spiro atoms. The maximum atomic E-state index is 11.6. The Morgan fingerprint density at radius 2 is 1.94 bits per heavy atom. The number of rotatable bonds is 6. The van der Waals surface area contributed by atoms with Crippen molar-refractivity contribution >= 4 is 11.7 Å². The normalized spacial score (nSPS) is 14.4. The van der Waals surface area contributed by atoms with Crippen LogP contribution in [0.5, 0.6) is 23.1 Å². The molecule has 0 radical (unpaired) electrons. The molecule has 0 saturated carbocycles. The van der Waals surface area contributed by atoms with E-state index in [2.05, 4.69) is 16.3 Å². The van der Waals surface area contributed by atoms with Crippen LogP contribution in [0.4, 0.5) is 5.69 Å². The highest BCUT2D eigenvalue weighted by Crippen LogP contribution is 2.49. The zero-order chi connectivity index (χ0) is 25.3. The summed E-state index contributed by atoms with van der Waals surface area (Å²) < 4.78 is 21.7. The van der Waals surface area contributed by atoms with Gasteiger partial charge >= 0.3 is 5.97 Å². The zero-order valence-electron chi connectivity index (χ0n) is 18.8. The second-order valence-corrected chi connectivity index (χ2v) is 7.40. The molecule has 0 bridgehead atoms. The Morgan fingerprint density at radius 1 is 1.26 bits per heavy atom. The molecule has 12 heteroatoms. The van der Waals surface area contributed by atoms with Crippen LogP contribution in [0, 0.1) is 21.4 Å². The van der Waals surface area contributed by atoms with E-state index in [1.165, 1.54) is 39.3 Å². The standard InChI is InChI=1S/C23H19N5O7/c1-11(29)34-21-16(32-2)8-13(9-17(21)33-3)18-15(10-24)22(25)35-23-19(18)20(26-27-23)12-5-4-6-14(7-12)28(30)31/h4-9,18H,25H2,1-3H3,(H,26,27)/t18-/m0/s1. The van der Waals surface area contributed by atoms with Gasteiger partial charge in [0.25, 0.3) is 5.69 Å². The summed E-state index contributed by atoms with van der Waals surface area (Å²) in [5, 5.41) is 28.3. The van der Waals surface area contributed by atoms with Gasteiger partial charge in [0.15, 0.2) is 11.5 Å². The van der Waals surface area contributed by atoms with E-state index >= 15 is 0 Å². The van der Waals surface area contributed by atoms with Crippen LogP contribution in [0.15, 0.2) is 47.9 Å². The molecule has 2 aromatic carbocycles. The van der Waals surface area contributed by atoms with E-state index in [1.807, 2.05) is 0 Å². The third kappa shape index (κ3) is 4.06. The third-order valence-electron chi connectivity index (χ3n) is 5.35. The van der Waals surface area contributed by atoms with Gasteiger partial charge in [-0.3, -0.25) is 20.0 Å². The number of fused-ring (bicyclic) bond motifs is 1. The Labute approximate surface area is 198 Å². The molecular formula is C23H19N5O7. The summed E-state index contributed by atoms with van der Waals surface area (Å²) in [6.07, 6.45) is 0. The predicted molar refractivity (Wildman–Crippen MR) is 121 cm³/mol. The summed E-state index contributed by atoms with van der Waals surface area (Å²) in [5.41, 5.74) is 7.77. The van der Waals surface area contributed by atoms with Crippen molar-refractivity contribution in [1.82, 2.24) is 10.2 Å². The van der Waals surface area contributed by atoms with Gasteiger partial charge in [-0.1, -0.05) is 12.1 Å². The van der Waals surface area contributed by atoms with Crippen LogP contribution in [0.25, 0.3) is 11.3 Å². The van der Waals surface area contributed by atoms with Crippen molar-refractivity contribution in [2.75, 3.05) is 14.2 Å². The van der Waals surface area contributed by atoms with Crippen LogP contribution in [-0.2, 0) is 4.79 Å². The van der Waals surface area contributed by atoms with Crippen LogP contribution >= 0.6 is 0 Å². The largest absolute Gasteiger partial charge is 0.493 e. The number of carbonyl (C=O) groups excluding carboxylic acids is 1. The van der Waals surface area contributed by atoms with Gasteiger partial charge in [-0.2, -0.15) is 5.26 Å². The van der Waals surface area contributed by atoms with Gasteiger partial charge in [0, 0.05) is 24.6 Å². The minimum absolute atomic E-state index is 0.0695. The van der Waals surface area contributed by atoms with Crippen LogP contribution in [0.1, 0.15) is 24.0 Å².